The number of rotatable bonds is 3. The van der Waals surface area contributed by atoms with Crippen molar-refractivity contribution < 1.29 is 17.8 Å². The summed E-state index contributed by atoms with van der Waals surface area (Å²) in [5.41, 5.74) is 0. The Balaban J connectivity index is 2.39. The summed E-state index contributed by atoms with van der Waals surface area (Å²) >= 11 is 0. The van der Waals surface area contributed by atoms with E-state index in [1.54, 1.807) is 5.06 Å². The molecule has 0 bridgehead atoms. The largest absolute Gasteiger partial charge is 0.335 e. The summed E-state index contributed by atoms with van der Waals surface area (Å²) in [6, 6.07) is 0. The Labute approximate surface area is 77.9 Å². The molecular formula is C6H14N2O4S. The van der Waals surface area contributed by atoms with Crippen LogP contribution in [-0.4, -0.2) is 55.1 Å². The van der Waals surface area contributed by atoms with E-state index in [0.29, 0.717) is 19.7 Å². The SMILES string of the molecule is CCON1CCN(S(=O)(=O)O)CC1. The van der Waals surface area contributed by atoms with Gasteiger partial charge in [-0.1, -0.05) is 0 Å². The lowest BCUT2D eigenvalue weighted by Crippen LogP contribution is -2.48. The summed E-state index contributed by atoms with van der Waals surface area (Å²) in [5.74, 6) is 0. The normalized spacial score (nSPS) is 22.0. The molecule has 0 aromatic heterocycles. The van der Waals surface area contributed by atoms with Gasteiger partial charge in [-0.05, 0) is 6.92 Å². The van der Waals surface area contributed by atoms with Gasteiger partial charge in [-0.2, -0.15) is 17.8 Å². The predicted octanol–water partition coefficient (Wildman–Crippen LogP) is -0.642. The maximum atomic E-state index is 10.7. The lowest BCUT2D eigenvalue weighted by molar-refractivity contribution is -0.166. The molecule has 0 aromatic carbocycles. The van der Waals surface area contributed by atoms with Crippen LogP contribution < -0.4 is 0 Å². The summed E-state index contributed by atoms with van der Waals surface area (Å²) in [4.78, 5) is 5.17. The molecule has 0 spiro atoms. The van der Waals surface area contributed by atoms with Crippen molar-refractivity contribution in [2.24, 2.45) is 0 Å². The first kappa shape index (κ1) is 10.9. The van der Waals surface area contributed by atoms with Crippen LogP contribution in [0.25, 0.3) is 0 Å². The minimum absolute atomic E-state index is 0.277. The average Bonchev–Trinajstić information content (AvgIpc) is 2.04. The minimum atomic E-state index is -4.01. The zero-order valence-electron chi connectivity index (χ0n) is 7.51. The molecule has 1 heterocycles. The fraction of sp³-hybridized carbons (Fsp3) is 1.00. The number of hydrogen-bond acceptors (Lipinski definition) is 4. The van der Waals surface area contributed by atoms with Gasteiger partial charge in [0.15, 0.2) is 0 Å². The third-order valence-electron chi connectivity index (χ3n) is 1.84. The molecule has 0 saturated carbocycles. The number of piperazine rings is 1. The summed E-state index contributed by atoms with van der Waals surface area (Å²) in [7, 11) is -4.01. The number of hydroxylamine groups is 2. The molecule has 0 atom stereocenters. The van der Waals surface area contributed by atoms with Crippen LogP contribution in [-0.2, 0) is 15.1 Å². The summed E-state index contributed by atoms with van der Waals surface area (Å²) < 4.78 is 31.1. The highest BCUT2D eigenvalue weighted by molar-refractivity contribution is 7.83. The second kappa shape index (κ2) is 4.34. The van der Waals surface area contributed by atoms with E-state index < -0.39 is 10.3 Å². The smallest absolute Gasteiger partial charge is 0.299 e. The maximum Gasteiger partial charge on any atom is 0.335 e. The van der Waals surface area contributed by atoms with Crippen molar-refractivity contribution in [1.29, 1.82) is 0 Å². The minimum Gasteiger partial charge on any atom is -0.299 e. The van der Waals surface area contributed by atoms with Gasteiger partial charge >= 0.3 is 10.3 Å². The standard InChI is InChI=1S/C6H14N2O4S/c1-2-12-7-3-5-8(6-4-7)13(9,10)11/h2-6H2,1H3,(H,9,10,11). The summed E-state index contributed by atoms with van der Waals surface area (Å²) in [6.45, 7) is 3.99. The van der Waals surface area contributed by atoms with Crippen molar-refractivity contribution in [3.05, 3.63) is 0 Å². The average molecular weight is 210 g/mol. The molecule has 0 radical (unpaired) electrons. The van der Waals surface area contributed by atoms with E-state index in [4.69, 9.17) is 9.39 Å². The molecule has 0 aromatic rings. The van der Waals surface area contributed by atoms with Crippen LogP contribution in [0.4, 0.5) is 0 Å². The second-order valence-electron chi connectivity index (χ2n) is 2.72. The van der Waals surface area contributed by atoms with Gasteiger partial charge in [-0.3, -0.25) is 9.39 Å². The monoisotopic (exact) mass is 210 g/mol. The van der Waals surface area contributed by atoms with Crippen LogP contribution >= 0.6 is 0 Å². The van der Waals surface area contributed by atoms with E-state index >= 15 is 0 Å². The fourth-order valence-electron chi connectivity index (χ4n) is 1.21. The van der Waals surface area contributed by atoms with Gasteiger partial charge in [0, 0.05) is 26.2 Å². The zero-order chi connectivity index (χ0) is 9.90. The summed E-state index contributed by atoms with van der Waals surface area (Å²) in [6.07, 6.45) is 0. The van der Waals surface area contributed by atoms with E-state index in [1.807, 2.05) is 6.92 Å². The van der Waals surface area contributed by atoms with Crippen molar-refractivity contribution in [3.8, 4) is 0 Å². The first-order valence-corrected chi connectivity index (χ1v) is 5.54. The third-order valence-corrected chi connectivity index (χ3v) is 2.85. The van der Waals surface area contributed by atoms with Crippen LogP contribution in [0.3, 0.4) is 0 Å². The molecule has 0 amide bonds. The van der Waals surface area contributed by atoms with Crippen molar-refractivity contribution in [2.45, 2.75) is 6.92 Å². The van der Waals surface area contributed by atoms with E-state index in [0.717, 1.165) is 4.31 Å². The molecular weight excluding hydrogens is 196 g/mol. The Morgan fingerprint density at radius 1 is 1.31 bits per heavy atom. The molecule has 13 heavy (non-hydrogen) atoms. The van der Waals surface area contributed by atoms with E-state index in [1.165, 1.54) is 0 Å². The molecule has 1 rings (SSSR count). The Kier molecular flexibility index (Phi) is 3.63. The highest BCUT2D eigenvalue weighted by Gasteiger charge is 2.24. The van der Waals surface area contributed by atoms with Crippen LogP contribution in [0.1, 0.15) is 6.92 Å². The van der Waals surface area contributed by atoms with Crippen molar-refractivity contribution in [2.75, 3.05) is 32.8 Å². The molecule has 6 nitrogen and oxygen atoms in total. The Bertz CT molecular complexity index is 245. The molecule has 1 saturated heterocycles. The van der Waals surface area contributed by atoms with Crippen molar-refractivity contribution >= 4 is 10.3 Å². The first-order chi connectivity index (χ1) is 6.04. The number of nitrogens with zero attached hydrogens (tertiary/aromatic N) is 2. The molecule has 1 aliphatic rings. The van der Waals surface area contributed by atoms with Crippen LogP contribution in [0.2, 0.25) is 0 Å². The zero-order valence-corrected chi connectivity index (χ0v) is 8.33. The van der Waals surface area contributed by atoms with Crippen LogP contribution in [0.15, 0.2) is 0 Å². The highest BCUT2D eigenvalue weighted by atomic mass is 32.2. The van der Waals surface area contributed by atoms with Gasteiger partial charge in [0.25, 0.3) is 0 Å². The molecule has 1 fully saturated rings. The highest BCUT2D eigenvalue weighted by Crippen LogP contribution is 2.05. The topological polar surface area (TPSA) is 70.1 Å². The maximum absolute atomic E-state index is 10.7. The van der Waals surface area contributed by atoms with Gasteiger partial charge in [0.1, 0.15) is 0 Å². The van der Waals surface area contributed by atoms with Gasteiger partial charge in [0.05, 0.1) is 6.61 Å². The Morgan fingerprint density at radius 3 is 2.23 bits per heavy atom. The quantitative estimate of drug-likeness (QED) is 0.627. The van der Waals surface area contributed by atoms with E-state index in [2.05, 4.69) is 0 Å². The van der Waals surface area contributed by atoms with Gasteiger partial charge in [0.2, 0.25) is 0 Å². The first-order valence-electron chi connectivity index (χ1n) is 4.14. The third kappa shape index (κ3) is 3.20. The fourth-order valence-corrected chi connectivity index (χ4v) is 1.84. The molecule has 7 heteroatoms. The molecule has 1 N–H and O–H groups in total. The summed E-state index contributed by atoms with van der Waals surface area (Å²) in [5, 5.41) is 1.70. The lowest BCUT2D eigenvalue weighted by atomic mass is 10.4. The molecule has 78 valence electrons. The predicted molar refractivity (Wildman–Crippen MR) is 46.3 cm³/mol. The Hall–Kier alpha value is -0.210. The van der Waals surface area contributed by atoms with Crippen molar-refractivity contribution in [3.63, 3.8) is 0 Å². The lowest BCUT2D eigenvalue weighted by Gasteiger charge is -2.31. The van der Waals surface area contributed by atoms with Crippen LogP contribution in [0.5, 0.6) is 0 Å². The Morgan fingerprint density at radius 2 is 1.85 bits per heavy atom. The van der Waals surface area contributed by atoms with Crippen molar-refractivity contribution in [1.82, 2.24) is 9.37 Å². The van der Waals surface area contributed by atoms with E-state index in [-0.39, 0.29) is 13.1 Å². The van der Waals surface area contributed by atoms with Gasteiger partial charge < -0.3 is 0 Å². The molecule has 0 unspecified atom stereocenters. The second-order valence-corrected chi connectivity index (χ2v) is 4.14. The van der Waals surface area contributed by atoms with Crippen LogP contribution in [0, 0.1) is 0 Å². The van der Waals surface area contributed by atoms with Gasteiger partial charge in [-0.15, -0.1) is 0 Å². The molecule has 1 aliphatic heterocycles. The van der Waals surface area contributed by atoms with Gasteiger partial charge in [-0.25, -0.2) is 0 Å². The molecule has 0 aliphatic carbocycles. The van der Waals surface area contributed by atoms with E-state index in [9.17, 15) is 8.42 Å². The number of hydrogen-bond donors (Lipinski definition) is 1.